The highest BCUT2D eigenvalue weighted by molar-refractivity contribution is 7.98. The number of nitriles is 1. The standard InChI is InChI=1S/C18H17N5OS/c1-2-24-16-9-7-13(8-10-16)17-21-22-18(23(17)20)25-12-15-6-4-3-5-14(15)11-19/h3-10H,2,12,20H2,1H3. The van der Waals surface area contributed by atoms with E-state index in [-0.39, 0.29) is 0 Å². The molecule has 0 radical (unpaired) electrons. The van der Waals surface area contributed by atoms with E-state index in [4.69, 9.17) is 15.8 Å². The molecule has 6 nitrogen and oxygen atoms in total. The van der Waals surface area contributed by atoms with Gasteiger partial charge in [-0.3, -0.25) is 0 Å². The Morgan fingerprint density at radius 1 is 1.16 bits per heavy atom. The highest BCUT2D eigenvalue weighted by Gasteiger charge is 2.13. The van der Waals surface area contributed by atoms with Gasteiger partial charge in [0.2, 0.25) is 5.16 Å². The van der Waals surface area contributed by atoms with E-state index in [1.807, 2.05) is 49.4 Å². The summed E-state index contributed by atoms with van der Waals surface area (Å²) in [6, 6.07) is 17.2. The quantitative estimate of drug-likeness (QED) is 0.542. The summed E-state index contributed by atoms with van der Waals surface area (Å²) in [4.78, 5) is 0. The van der Waals surface area contributed by atoms with Crippen LogP contribution in [0.5, 0.6) is 5.75 Å². The Labute approximate surface area is 150 Å². The van der Waals surface area contributed by atoms with Crippen LogP contribution in [0, 0.1) is 11.3 Å². The maximum absolute atomic E-state index is 9.16. The van der Waals surface area contributed by atoms with E-state index in [0.29, 0.717) is 28.9 Å². The van der Waals surface area contributed by atoms with Crippen LogP contribution in [0.2, 0.25) is 0 Å². The topological polar surface area (TPSA) is 89.8 Å². The first kappa shape index (κ1) is 16.9. The van der Waals surface area contributed by atoms with E-state index >= 15 is 0 Å². The van der Waals surface area contributed by atoms with Crippen LogP contribution in [0.3, 0.4) is 0 Å². The van der Waals surface area contributed by atoms with Gasteiger partial charge >= 0.3 is 0 Å². The third-order valence-electron chi connectivity index (χ3n) is 3.58. The molecule has 0 bridgehead atoms. The molecule has 7 heteroatoms. The van der Waals surface area contributed by atoms with Gasteiger partial charge < -0.3 is 10.6 Å². The molecule has 0 saturated carbocycles. The summed E-state index contributed by atoms with van der Waals surface area (Å²) in [5, 5.41) is 18.1. The molecule has 1 heterocycles. The third kappa shape index (κ3) is 3.75. The van der Waals surface area contributed by atoms with Crippen molar-refractivity contribution < 1.29 is 4.74 Å². The first-order valence-corrected chi connectivity index (χ1v) is 8.76. The summed E-state index contributed by atoms with van der Waals surface area (Å²) in [6.45, 7) is 2.57. The van der Waals surface area contributed by atoms with Gasteiger partial charge in [0, 0.05) is 11.3 Å². The zero-order valence-electron chi connectivity index (χ0n) is 13.7. The monoisotopic (exact) mass is 351 g/mol. The van der Waals surface area contributed by atoms with Crippen molar-refractivity contribution >= 4 is 11.8 Å². The summed E-state index contributed by atoms with van der Waals surface area (Å²) in [5.41, 5.74) is 2.47. The Morgan fingerprint density at radius 2 is 1.92 bits per heavy atom. The number of aromatic nitrogens is 3. The van der Waals surface area contributed by atoms with Crippen LogP contribution in [0.4, 0.5) is 0 Å². The van der Waals surface area contributed by atoms with Gasteiger partial charge in [0.25, 0.3) is 0 Å². The van der Waals surface area contributed by atoms with Crippen molar-refractivity contribution in [2.45, 2.75) is 17.8 Å². The molecule has 0 saturated heterocycles. The van der Waals surface area contributed by atoms with Gasteiger partial charge in [-0.25, -0.2) is 4.68 Å². The lowest BCUT2D eigenvalue weighted by molar-refractivity contribution is 0.340. The van der Waals surface area contributed by atoms with Crippen LogP contribution >= 0.6 is 11.8 Å². The number of benzene rings is 2. The van der Waals surface area contributed by atoms with E-state index in [1.54, 1.807) is 6.07 Å². The fraction of sp³-hybridized carbons (Fsp3) is 0.167. The minimum atomic E-state index is 0.583. The summed E-state index contributed by atoms with van der Waals surface area (Å²) in [7, 11) is 0. The fourth-order valence-corrected chi connectivity index (χ4v) is 3.20. The number of hydrogen-bond donors (Lipinski definition) is 1. The Morgan fingerprint density at radius 3 is 2.64 bits per heavy atom. The zero-order chi connectivity index (χ0) is 17.6. The first-order chi connectivity index (χ1) is 12.2. The second-order valence-corrected chi connectivity index (χ2v) is 6.13. The number of ether oxygens (including phenoxy) is 1. The van der Waals surface area contributed by atoms with Gasteiger partial charge in [-0.05, 0) is 42.8 Å². The van der Waals surface area contributed by atoms with Crippen LogP contribution in [0.15, 0.2) is 53.7 Å². The molecule has 0 aliphatic heterocycles. The number of nitrogen functional groups attached to an aromatic ring is 1. The SMILES string of the molecule is CCOc1ccc(-c2nnc(SCc3ccccc3C#N)n2N)cc1. The predicted octanol–water partition coefficient (Wildman–Crippen LogP) is 3.22. The molecule has 0 amide bonds. The molecule has 0 aliphatic rings. The number of thioether (sulfide) groups is 1. The number of hydrogen-bond acceptors (Lipinski definition) is 6. The smallest absolute Gasteiger partial charge is 0.210 e. The van der Waals surface area contributed by atoms with Crippen LogP contribution in [-0.4, -0.2) is 21.5 Å². The molecule has 126 valence electrons. The summed E-state index contributed by atoms with van der Waals surface area (Å²) < 4.78 is 6.90. The summed E-state index contributed by atoms with van der Waals surface area (Å²) >= 11 is 1.45. The number of rotatable bonds is 6. The van der Waals surface area contributed by atoms with Crippen molar-refractivity contribution in [2.24, 2.45) is 0 Å². The Balaban J connectivity index is 1.76. The lowest BCUT2D eigenvalue weighted by atomic mass is 10.1. The van der Waals surface area contributed by atoms with Gasteiger partial charge in [0.1, 0.15) is 5.75 Å². The molecule has 0 unspecified atom stereocenters. The molecule has 3 rings (SSSR count). The van der Waals surface area contributed by atoms with Crippen LogP contribution in [0.1, 0.15) is 18.1 Å². The third-order valence-corrected chi connectivity index (χ3v) is 4.57. The van der Waals surface area contributed by atoms with Crippen LogP contribution in [0.25, 0.3) is 11.4 Å². The highest BCUT2D eigenvalue weighted by Crippen LogP contribution is 2.26. The van der Waals surface area contributed by atoms with Crippen molar-refractivity contribution in [1.82, 2.24) is 14.9 Å². The molecule has 0 spiro atoms. The second kappa shape index (κ2) is 7.73. The first-order valence-electron chi connectivity index (χ1n) is 7.77. The van der Waals surface area contributed by atoms with Crippen molar-refractivity contribution in [3.8, 4) is 23.2 Å². The highest BCUT2D eigenvalue weighted by atomic mass is 32.2. The lowest BCUT2D eigenvalue weighted by Gasteiger charge is -2.06. The predicted molar refractivity (Wildman–Crippen MR) is 97.5 cm³/mol. The normalized spacial score (nSPS) is 10.4. The number of nitrogens with zero attached hydrogens (tertiary/aromatic N) is 4. The fourth-order valence-electron chi connectivity index (χ4n) is 2.34. The molecule has 25 heavy (non-hydrogen) atoms. The molecular weight excluding hydrogens is 334 g/mol. The molecule has 0 fully saturated rings. The minimum absolute atomic E-state index is 0.583. The van der Waals surface area contributed by atoms with E-state index in [9.17, 15) is 0 Å². The van der Waals surface area contributed by atoms with E-state index in [1.165, 1.54) is 16.4 Å². The maximum Gasteiger partial charge on any atom is 0.210 e. The van der Waals surface area contributed by atoms with E-state index < -0.39 is 0 Å². The molecule has 0 aliphatic carbocycles. The minimum Gasteiger partial charge on any atom is -0.494 e. The van der Waals surface area contributed by atoms with Gasteiger partial charge in [-0.2, -0.15) is 5.26 Å². The second-order valence-electron chi connectivity index (χ2n) is 5.19. The molecule has 2 aromatic carbocycles. The number of nitrogens with two attached hydrogens (primary N) is 1. The van der Waals surface area contributed by atoms with E-state index in [2.05, 4.69) is 16.3 Å². The molecule has 2 N–H and O–H groups in total. The molecule has 1 aromatic heterocycles. The van der Waals surface area contributed by atoms with Gasteiger partial charge in [-0.1, -0.05) is 30.0 Å². The molecule has 0 atom stereocenters. The van der Waals surface area contributed by atoms with Crippen LogP contribution < -0.4 is 10.6 Å². The van der Waals surface area contributed by atoms with Crippen LogP contribution in [-0.2, 0) is 5.75 Å². The van der Waals surface area contributed by atoms with Gasteiger partial charge in [0.05, 0.1) is 18.2 Å². The van der Waals surface area contributed by atoms with Crippen molar-refractivity contribution in [2.75, 3.05) is 12.4 Å². The Bertz CT molecular complexity index is 899. The average molecular weight is 351 g/mol. The zero-order valence-corrected chi connectivity index (χ0v) is 14.5. The average Bonchev–Trinajstić information content (AvgIpc) is 3.02. The van der Waals surface area contributed by atoms with Crippen molar-refractivity contribution in [3.05, 3.63) is 59.7 Å². The maximum atomic E-state index is 9.16. The summed E-state index contributed by atoms with van der Waals surface area (Å²) in [6.07, 6.45) is 0. The lowest BCUT2D eigenvalue weighted by Crippen LogP contribution is -2.11. The van der Waals surface area contributed by atoms with Crippen molar-refractivity contribution in [1.29, 1.82) is 5.26 Å². The molecule has 3 aromatic rings. The van der Waals surface area contributed by atoms with Gasteiger partial charge in [-0.15, -0.1) is 10.2 Å². The van der Waals surface area contributed by atoms with Gasteiger partial charge in [0.15, 0.2) is 5.82 Å². The van der Waals surface area contributed by atoms with Crippen molar-refractivity contribution in [3.63, 3.8) is 0 Å². The Hall–Kier alpha value is -2.98. The molecular formula is C18H17N5OS. The largest absolute Gasteiger partial charge is 0.494 e. The Kier molecular flexibility index (Phi) is 5.21. The summed E-state index contributed by atoms with van der Waals surface area (Å²) in [5.74, 6) is 8.13. The van der Waals surface area contributed by atoms with E-state index in [0.717, 1.165) is 16.9 Å².